The lowest BCUT2D eigenvalue weighted by atomic mass is 9.73. The number of Topliss-reactive ketones (excluding diaryl/α,β-unsaturated/α-hetero) is 1. The SMILES string of the molecule is C[C@@H](CC(=O)Cn1cnnn1)[C@H]1C(=O)N2C(C(=O)O)=C(S[C@@H]3CN[C@H](C(=O)N4C[C@@]56CNCC5CC4C6)C3)[C@H](C)[C@H]12. The Kier molecular flexibility index (Phi) is 6.51. The number of nitrogens with zero attached hydrogens (tertiary/aromatic N) is 6. The predicted octanol–water partition coefficient (Wildman–Crippen LogP) is -0.285. The van der Waals surface area contributed by atoms with Crippen molar-refractivity contribution in [2.45, 2.75) is 69.5 Å². The molecule has 1 aromatic rings. The average Bonchev–Trinajstić information content (AvgIpc) is 3.75. The van der Waals surface area contributed by atoms with Gasteiger partial charge in [-0.05, 0) is 48.1 Å². The Morgan fingerprint density at radius 1 is 1.27 bits per heavy atom. The number of amides is 2. The number of carbonyl (C=O) groups excluding carboxylic acids is 3. The number of hydrogen-bond acceptors (Lipinski definition) is 10. The lowest BCUT2D eigenvalue weighted by Crippen LogP contribution is -2.62. The van der Waals surface area contributed by atoms with Crippen molar-refractivity contribution < 1.29 is 24.3 Å². The minimum atomic E-state index is -1.11. The molecule has 41 heavy (non-hydrogen) atoms. The molecule has 220 valence electrons. The van der Waals surface area contributed by atoms with Crippen LogP contribution in [0.2, 0.25) is 0 Å². The first-order valence-electron chi connectivity index (χ1n) is 14.6. The highest BCUT2D eigenvalue weighted by Gasteiger charge is 2.61. The Morgan fingerprint density at radius 2 is 2.10 bits per heavy atom. The highest BCUT2D eigenvalue weighted by molar-refractivity contribution is 8.03. The lowest BCUT2D eigenvalue weighted by Gasteiger charge is -2.47. The summed E-state index contributed by atoms with van der Waals surface area (Å²) in [6.45, 7) is 7.40. The van der Waals surface area contributed by atoms with E-state index in [1.54, 1.807) is 0 Å². The fourth-order valence-electron chi connectivity index (χ4n) is 8.63. The quantitative estimate of drug-likeness (QED) is 0.327. The van der Waals surface area contributed by atoms with Gasteiger partial charge in [0, 0.05) is 53.6 Å². The second-order valence-electron chi connectivity index (χ2n) is 12.9. The van der Waals surface area contributed by atoms with Gasteiger partial charge in [0.15, 0.2) is 5.78 Å². The maximum absolute atomic E-state index is 13.5. The van der Waals surface area contributed by atoms with Crippen LogP contribution in [0.25, 0.3) is 0 Å². The maximum Gasteiger partial charge on any atom is 0.353 e. The molecule has 5 aliphatic heterocycles. The van der Waals surface area contributed by atoms with Crippen LogP contribution in [0.3, 0.4) is 0 Å². The molecule has 14 heteroatoms. The number of β-lactam (4-membered cyclic amide) rings is 1. The van der Waals surface area contributed by atoms with Crippen molar-refractivity contribution in [3.05, 3.63) is 16.9 Å². The predicted molar refractivity (Wildman–Crippen MR) is 146 cm³/mol. The zero-order valence-corrected chi connectivity index (χ0v) is 24.0. The van der Waals surface area contributed by atoms with E-state index in [0.29, 0.717) is 29.8 Å². The van der Waals surface area contributed by atoms with E-state index in [4.69, 9.17) is 0 Å². The molecule has 2 bridgehead atoms. The van der Waals surface area contributed by atoms with E-state index in [2.05, 4.69) is 31.1 Å². The first-order chi connectivity index (χ1) is 19.7. The molecule has 3 N–H and O–H groups in total. The van der Waals surface area contributed by atoms with Crippen molar-refractivity contribution in [2.75, 3.05) is 26.2 Å². The number of nitrogens with one attached hydrogen (secondary N) is 2. The number of carboxylic acids is 1. The standard InChI is InChI=1S/C27H36N8O5S/c1-13(3-17(36)9-33-12-30-31-32-33)20-21-14(2)23(22(26(39)40)35(21)25(20)38)41-18-5-19(29-8-18)24(37)34-11-27-6-16(34)4-15(27)7-28-10-27/h12-16,18-21,28-29H,3-11H2,1-2H3,(H,39,40)/t13-,14+,15?,16?,18-,19-,20+,21+,27+/m0/s1. The number of tetrazole rings is 1. The van der Waals surface area contributed by atoms with E-state index in [1.165, 1.54) is 27.7 Å². The average molecular weight is 585 g/mol. The van der Waals surface area contributed by atoms with Gasteiger partial charge in [0.1, 0.15) is 18.6 Å². The summed E-state index contributed by atoms with van der Waals surface area (Å²) in [6, 6.07) is -0.210. The number of ketones is 1. The maximum atomic E-state index is 13.5. The van der Waals surface area contributed by atoms with Crippen molar-refractivity contribution >= 4 is 35.3 Å². The summed E-state index contributed by atoms with van der Waals surface area (Å²) in [5.41, 5.74) is 0.311. The van der Waals surface area contributed by atoms with Gasteiger partial charge in [0.2, 0.25) is 11.8 Å². The third-order valence-electron chi connectivity index (χ3n) is 10.5. The Labute approximate surface area is 241 Å². The summed E-state index contributed by atoms with van der Waals surface area (Å²) < 4.78 is 1.35. The molecule has 6 aliphatic rings. The van der Waals surface area contributed by atoms with Gasteiger partial charge in [0.25, 0.3) is 0 Å². The van der Waals surface area contributed by atoms with Crippen molar-refractivity contribution in [2.24, 2.45) is 29.1 Å². The summed E-state index contributed by atoms with van der Waals surface area (Å²) in [7, 11) is 0. The van der Waals surface area contributed by atoms with Crippen LogP contribution in [0.1, 0.15) is 39.5 Å². The van der Waals surface area contributed by atoms with E-state index >= 15 is 0 Å². The van der Waals surface area contributed by atoms with Crippen LogP contribution < -0.4 is 10.6 Å². The van der Waals surface area contributed by atoms with Gasteiger partial charge in [-0.1, -0.05) is 13.8 Å². The number of hydrogen-bond donors (Lipinski definition) is 3. The van der Waals surface area contributed by atoms with Crippen LogP contribution in [0.5, 0.6) is 0 Å². The zero-order valence-electron chi connectivity index (χ0n) is 23.2. The summed E-state index contributed by atoms with van der Waals surface area (Å²) in [5, 5.41) is 27.9. The molecule has 1 saturated carbocycles. The van der Waals surface area contributed by atoms with Gasteiger partial charge in [-0.2, -0.15) is 0 Å². The number of likely N-dealkylation sites (tertiary alicyclic amines) is 1. The molecule has 1 spiro atoms. The number of carbonyl (C=O) groups is 4. The highest BCUT2D eigenvalue weighted by Crippen LogP contribution is 2.55. The molecule has 2 amide bonds. The van der Waals surface area contributed by atoms with Crippen LogP contribution in [0, 0.1) is 29.1 Å². The molecule has 6 heterocycles. The summed E-state index contributed by atoms with van der Waals surface area (Å²) >= 11 is 1.50. The van der Waals surface area contributed by atoms with E-state index in [-0.39, 0.29) is 70.8 Å². The number of fused-ring (bicyclic) bond motifs is 2. The van der Waals surface area contributed by atoms with Crippen LogP contribution in [-0.2, 0) is 25.7 Å². The van der Waals surface area contributed by atoms with E-state index in [9.17, 15) is 24.3 Å². The first-order valence-corrected chi connectivity index (χ1v) is 15.5. The molecule has 13 nitrogen and oxygen atoms in total. The van der Waals surface area contributed by atoms with Crippen LogP contribution in [0.15, 0.2) is 16.9 Å². The molecule has 7 rings (SSSR count). The Hall–Kier alpha value is -2.84. The zero-order chi connectivity index (χ0) is 28.6. The Morgan fingerprint density at radius 3 is 2.85 bits per heavy atom. The summed E-state index contributed by atoms with van der Waals surface area (Å²) in [4.78, 5) is 56.0. The van der Waals surface area contributed by atoms with E-state index < -0.39 is 11.9 Å². The van der Waals surface area contributed by atoms with E-state index in [0.717, 1.165) is 32.5 Å². The van der Waals surface area contributed by atoms with Crippen LogP contribution >= 0.6 is 11.8 Å². The van der Waals surface area contributed by atoms with Gasteiger partial charge in [0.05, 0.1) is 18.0 Å². The van der Waals surface area contributed by atoms with E-state index in [1.807, 2.05) is 13.8 Å². The van der Waals surface area contributed by atoms with Crippen LogP contribution in [0.4, 0.5) is 0 Å². The van der Waals surface area contributed by atoms with Gasteiger partial charge in [-0.3, -0.25) is 14.4 Å². The molecule has 2 unspecified atom stereocenters. The molecular weight excluding hydrogens is 548 g/mol. The number of rotatable bonds is 9. The van der Waals surface area contributed by atoms with Gasteiger partial charge < -0.3 is 25.5 Å². The summed E-state index contributed by atoms with van der Waals surface area (Å²) in [6.07, 6.45) is 4.38. The Bertz CT molecular complexity index is 1320. The van der Waals surface area contributed by atoms with Crippen molar-refractivity contribution in [3.8, 4) is 0 Å². The second kappa shape index (κ2) is 9.87. The highest BCUT2D eigenvalue weighted by atomic mass is 32.2. The second-order valence-corrected chi connectivity index (χ2v) is 14.3. The normalized spacial score (nSPS) is 37.9. The number of aromatic nitrogens is 4. The monoisotopic (exact) mass is 584 g/mol. The van der Waals surface area contributed by atoms with Gasteiger partial charge in [-0.25, -0.2) is 9.48 Å². The lowest BCUT2D eigenvalue weighted by molar-refractivity contribution is -0.160. The first kappa shape index (κ1) is 27.0. The number of thioether (sulfide) groups is 1. The molecule has 9 atom stereocenters. The molecule has 1 aromatic heterocycles. The molecular formula is C27H36N8O5S. The fourth-order valence-corrected chi connectivity index (χ4v) is 10.1. The fraction of sp³-hybridized carbons (Fsp3) is 0.741. The molecule has 0 aromatic carbocycles. The molecule has 4 saturated heterocycles. The minimum absolute atomic E-state index is 0.0348. The van der Waals surface area contributed by atoms with Gasteiger partial charge >= 0.3 is 5.97 Å². The molecule has 0 radical (unpaired) electrons. The molecule has 5 fully saturated rings. The smallest absolute Gasteiger partial charge is 0.353 e. The number of aliphatic carboxylic acids is 1. The topological polar surface area (TPSA) is 163 Å². The molecule has 1 aliphatic carbocycles. The van der Waals surface area contributed by atoms with Gasteiger partial charge in [-0.15, -0.1) is 16.9 Å². The van der Waals surface area contributed by atoms with Crippen molar-refractivity contribution in [1.29, 1.82) is 0 Å². The number of piperidine rings is 1. The summed E-state index contributed by atoms with van der Waals surface area (Å²) in [5.74, 6) is -1.40. The third kappa shape index (κ3) is 4.23. The Balaban J connectivity index is 0.995. The minimum Gasteiger partial charge on any atom is -0.477 e. The largest absolute Gasteiger partial charge is 0.477 e. The van der Waals surface area contributed by atoms with Crippen LogP contribution in [-0.4, -0.2) is 108 Å². The number of carboxylic acid groups (broad SMARTS) is 1. The van der Waals surface area contributed by atoms with Crippen molar-refractivity contribution in [3.63, 3.8) is 0 Å². The van der Waals surface area contributed by atoms with Crippen molar-refractivity contribution in [1.82, 2.24) is 40.6 Å². The third-order valence-corrected chi connectivity index (χ3v) is 12.0.